The molecule has 4 nitrogen and oxygen atoms in total. The van der Waals surface area contributed by atoms with Crippen LogP contribution in [0.25, 0.3) is 10.9 Å². The van der Waals surface area contributed by atoms with Gasteiger partial charge >= 0.3 is 0 Å². The summed E-state index contributed by atoms with van der Waals surface area (Å²) >= 11 is 1.72. The first-order valence-corrected chi connectivity index (χ1v) is 12.8. The first kappa shape index (κ1) is 22.9. The minimum absolute atomic E-state index is 0.0433. The molecule has 5 aromatic rings. The molecule has 0 N–H and O–H groups in total. The molecule has 0 saturated carbocycles. The summed E-state index contributed by atoms with van der Waals surface area (Å²) in [4.78, 5) is 22.2. The fourth-order valence-electron chi connectivity index (χ4n) is 4.53. The van der Waals surface area contributed by atoms with Crippen LogP contribution >= 0.6 is 11.8 Å². The van der Waals surface area contributed by atoms with Crippen LogP contribution in [0.2, 0.25) is 0 Å². The molecule has 0 aliphatic rings. The molecular formula is C30H27N3OS. The molecule has 0 spiro atoms. The van der Waals surface area contributed by atoms with Crippen molar-refractivity contribution in [3.63, 3.8) is 0 Å². The summed E-state index contributed by atoms with van der Waals surface area (Å²) in [5.74, 6) is 0.689. The predicted octanol–water partition coefficient (Wildman–Crippen LogP) is 6.83. The Bertz CT molecular complexity index is 1470. The van der Waals surface area contributed by atoms with E-state index in [2.05, 4.69) is 59.7 Å². The van der Waals surface area contributed by atoms with Crippen molar-refractivity contribution in [3.05, 3.63) is 130 Å². The second-order valence-corrected chi connectivity index (χ2v) is 9.40. The zero-order chi connectivity index (χ0) is 24.4. The van der Waals surface area contributed by atoms with Gasteiger partial charge in [0.1, 0.15) is 5.82 Å². The molecule has 5 rings (SSSR count). The van der Waals surface area contributed by atoms with Crippen molar-refractivity contribution in [2.24, 2.45) is 0 Å². The lowest BCUT2D eigenvalue weighted by molar-refractivity contribution is 0.620. The van der Waals surface area contributed by atoms with E-state index in [0.29, 0.717) is 16.7 Å². The molecule has 0 amide bonds. The Balaban J connectivity index is 1.66. The molecule has 0 saturated heterocycles. The van der Waals surface area contributed by atoms with E-state index in [1.807, 2.05) is 73.1 Å². The molecule has 0 aliphatic heterocycles. The van der Waals surface area contributed by atoms with Crippen molar-refractivity contribution in [1.29, 1.82) is 0 Å². The van der Waals surface area contributed by atoms with Gasteiger partial charge in [0.15, 0.2) is 0 Å². The van der Waals surface area contributed by atoms with E-state index in [1.165, 1.54) is 4.90 Å². The smallest absolute Gasteiger partial charge is 0.262 e. The minimum Gasteiger partial charge on any atom is -0.345 e. The quantitative estimate of drug-likeness (QED) is 0.251. The normalized spacial score (nSPS) is 11.2. The number of hydrogen-bond donors (Lipinski definition) is 0. The van der Waals surface area contributed by atoms with Gasteiger partial charge < -0.3 is 4.90 Å². The molecule has 174 valence electrons. The molecule has 1 heterocycles. The fourth-order valence-corrected chi connectivity index (χ4v) is 4.93. The summed E-state index contributed by atoms with van der Waals surface area (Å²) in [5.41, 5.74) is 4.77. The molecule has 0 bridgehead atoms. The third-order valence-corrected chi connectivity index (χ3v) is 7.14. The van der Waals surface area contributed by atoms with Gasteiger partial charge in [-0.25, -0.2) is 4.98 Å². The van der Waals surface area contributed by atoms with Crippen LogP contribution in [-0.4, -0.2) is 22.9 Å². The number of fused-ring (bicyclic) bond motifs is 1. The first-order chi connectivity index (χ1) is 17.1. The van der Waals surface area contributed by atoms with E-state index in [4.69, 9.17) is 4.98 Å². The standard InChI is InChI=1S/C30H27N3OS/c1-21-31-28-19-16-25(32(2)24-14-17-26(35-3)18-15-24)20-27(28)30(34)33(21)29(22-10-6-4-7-11-22)23-12-8-5-9-13-23/h4-20,29H,1-3H3. The van der Waals surface area contributed by atoms with Crippen LogP contribution in [0.4, 0.5) is 11.4 Å². The number of aromatic nitrogens is 2. The summed E-state index contributed by atoms with van der Waals surface area (Å²) in [6.45, 7) is 1.91. The van der Waals surface area contributed by atoms with E-state index in [1.54, 1.807) is 11.8 Å². The van der Waals surface area contributed by atoms with Crippen molar-refractivity contribution in [1.82, 2.24) is 9.55 Å². The van der Waals surface area contributed by atoms with E-state index >= 15 is 0 Å². The minimum atomic E-state index is -0.262. The van der Waals surface area contributed by atoms with Crippen molar-refractivity contribution in [2.75, 3.05) is 18.2 Å². The number of thioether (sulfide) groups is 1. The van der Waals surface area contributed by atoms with Gasteiger partial charge in [0.05, 0.1) is 16.9 Å². The lowest BCUT2D eigenvalue weighted by Crippen LogP contribution is -2.29. The van der Waals surface area contributed by atoms with Crippen molar-refractivity contribution in [3.8, 4) is 0 Å². The third-order valence-electron chi connectivity index (χ3n) is 6.40. The fraction of sp³-hybridized carbons (Fsp3) is 0.133. The van der Waals surface area contributed by atoms with Crippen molar-refractivity contribution >= 4 is 34.0 Å². The SMILES string of the molecule is CSc1ccc(N(C)c2ccc3nc(C)n(C(c4ccccc4)c4ccccc4)c(=O)c3c2)cc1. The van der Waals surface area contributed by atoms with E-state index in [0.717, 1.165) is 22.5 Å². The monoisotopic (exact) mass is 477 g/mol. The number of anilines is 2. The van der Waals surface area contributed by atoms with E-state index in [-0.39, 0.29) is 11.6 Å². The van der Waals surface area contributed by atoms with Crippen LogP contribution in [0.3, 0.4) is 0 Å². The number of nitrogens with zero attached hydrogens (tertiary/aromatic N) is 3. The number of aryl methyl sites for hydroxylation is 1. The highest BCUT2D eigenvalue weighted by atomic mass is 32.2. The Labute approximate surface area is 209 Å². The Hall–Kier alpha value is -3.83. The predicted molar refractivity (Wildman–Crippen MR) is 147 cm³/mol. The lowest BCUT2D eigenvalue weighted by Gasteiger charge is -2.24. The first-order valence-electron chi connectivity index (χ1n) is 11.6. The highest BCUT2D eigenvalue weighted by molar-refractivity contribution is 7.98. The van der Waals surface area contributed by atoms with Gasteiger partial charge in [0.2, 0.25) is 0 Å². The molecule has 35 heavy (non-hydrogen) atoms. The summed E-state index contributed by atoms with van der Waals surface area (Å²) < 4.78 is 1.82. The molecule has 0 aliphatic carbocycles. The van der Waals surface area contributed by atoms with Crippen molar-refractivity contribution < 1.29 is 0 Å². The molecule has 0 unspecified atom stereocenters. The van der Waals surface area contributed by atoms with Crippen molar-refractivity contribution in [2.45, 2.75) is 17.9 Å². The molecule has 0 radical (unpaired) electrons. The van der Waals surface area contributed by atoms with Gasteiger partial charge in [0.25, 0.3) is 5.56 Å². The van der Waals surface area contributed by atoms with Gasteiger partial charge in [-0.1, -0.05) is 60.7 Å². The molecular weight excluding hydrogens is 450 g/mol. The molecule has 4 aromatic carbocycles. The average molecular weight is 478 g/mol. The Kier molecular flexibility index (Phi) is 6.43. The zero-order valence-electron chi connectivity index (χ0n) is 20.1. The maximum Gasteiger partial charge on any atom is 0.262 e. The Morgan fingerprint density at radius 2 is 1.37 bits per heavy atom. The maximum absolute atomic E-state index is 14.0. The van der Waals surface area contributed by atoms with E-state index in [9.17, 15) is 4.79 Å². The van der Waals surface area contributed by atoms with Gasteiger partial charge in [-0.2, -0.15) is 0 Å². The second-order valence-electron chi connectivity index (χ2n) is 8.52. The molecule has 0 atom stereocenters. The summed E-state index contributed by atoms with van der Waals surface area (Å²) in [6, 6.07) is 34.4. The van der Waals surface area contributed by atoms with Crippen LogP contribution < -0.4 is 10.5 Å². The van der Waals surface area contributed by atoms with Crippen LogP contribution in [0, 0.1) is 6.92 Å². The summed E-state index contributed by atoms with van der Waals surface area (Å²) in [5, 5.41) is 0.609. The van der Waals surface area contributed by atoms with Crippen LogP contribution in [-0.2, 0) is 0 Å². The molecule has 5 heteroatoms. The van der Waals surface area contributed by atoms with Gasteiger partial charge in [-0.3, -0.25) is 9.36 Å². The van der Waals surface area contributed by atoms with Crippen LogP contribution in [0.5, 0.6) is 0 Å². The Morgan fingerprint density at radius 1 is 0.800 bits per heavy atom. The van der Waals surface area contributed by atoms with Gasteiger partial charge in [-0.15, -0.1) is 11.8 Å². The molecule has 0 fully saturated rings. The van der Waals surface area contributed by atoms with E-state index < -0.39 is 0 Å². The Morgan fingerprint density at radius 3 is 1.94 bits per heavy atom. The summed E-state index contributed by atoms with van der Waals surface area (Å²) in [6.07, 6.45) is 2.07. The molecule has 1 aromatic heterocycles. The summed E-state index contributed by atoms with van der Waals surface area (Å²) in [7, 11) is 2.02. The highest BCUT2D eigenvalue weighted by Gasteiger charge is 2.21. The van der Waals surface area contributed by atoms with Crippen LogP contribution in [0.1, 0.15) is 23.0 Å². The lowest BCUT2D eigenvalue weighted by atomic mass is 9.98. The third kappa shape index (κ3) is 4.47. The number of rotatable bonds is 6. The maximum atomic E-state index is 14.0. The van der Waals surface area contributed by atoms with Gasteiger partial charge in [0, 0.05) is 23.3 Å². The number of benzene rings is 4. The van der Waals surface area contributed by atoms with Crippen LogP contribution in [0.15, 0.2) is 113 Å². The van der Waals surface area contributed by atoms with Gasteiger partial charge in [-0.05, 0) is 66.8 Å². The number of hydrogen-bond acceptors (Lipinski definition) is 4. The largest absolute Gasteiger partial charge is 0.345 e. The topological polar surface area (TPSA) is 38.1 Å². The zero-order valence-corrected chi connectivity index (χ0v) is 20.9. The second kappa shape index (κ2) is 9.80. The average Bonchev–Trinajstić information content (AvgIpc) is 2.91. The highest BCUT2D eigenvalue weighted by Crippen LogP contribution is 2.30.